The van der Waals surface area contributed by atoms with Gasteiger partial charge in [0.15, 0.2) is 0 Å². The first-order valence-electron chi connectivity index (χ1n) is 3.63. The number of allylic oxidation sites excluding steroid dienone is 8. The Labute approximate surface area is 66.9 Å². The van der Waals surface area contributed by atoms with Gasteiger partial charge in [0, 0.05) is 12.1 Å². The van der Waals surface area contributed by atoms with E-state index in [4.69, 9.17) is 5.41 Å². The van der Waals surface area contributed by atoms with Gasteiger partial charge in [0.25, 0.3) is 0 Å². The summed E-state index contributed by atoms with van der Waals surface area (Å²) in [6, 6.07) is 0. The lowest BCUT2D eigenvalue weighted by Crippen LogP contribution is -1.86. The van der Waals surface area contributed by atoms with Gasteiger partial charge in [-0.3, -0.25) is 0 Å². The molecule has 1 aliphatic rings. The van der Waals surface area contributed by atoms with E-state index >= 15 is 0 Å². The fourth-order valence-corrected chi connectivity index (χ4v) is 0.770. The van der Waals surface area contributed by atoms with E-state index in [1.165, 1.54) is 0 Å². The zero-order valence-electron chi connectivity index (χ0n) is 6.33. The average molecular weight is 145 g/mol. The summed E-state index contributed by atoms with van der Waals surface area (Å²) in [5.74, 6) is 0. The third-order valence-electron chi connectivity index (χ3n) is 1.33. The van der Waals surface area contributed by atoms with Crippen LogP contribution < -0.4 is 0 Å². The van der Waals surface area contributed by atoms with Crippen LogP contribution in [0.5, 0.6) is 0 Å². The van der Waals surface area contributed by atoms with Crippen LogP contribution in [0.15, 0.2) is 48.6 Å². The lowest BCUT2D eigenvalue weighted by Gasteiger charge is -1.89. The summed E-state index contributed by atoms with van der Waals surface area (Å²) in [4.78, 5) is 0. The van der Waals surface area contributed by atoms with Crippen molar-refractivity contribution in [2.45, 2.75) is 6.42 Å². The number of rotatable bonds is 0. The molecule has 1 heteroatoms. The maximum Gasteiger partial charge on any atom is 0.0351 e. The second-order valence-electron chi connectivity index (χ2n) is 2.29. The van der Waals surface area contributed by atoms with Crippen LogP contribution in [0.1, 0.15) is 6.42 Å². The number of hydrogen-bond donors (Lipinski definition) is 1. The van der Waals surface area contributed by atoms with E-state index in [0.29, 0.717) is 12.1 Å². The largest absolute Gasteiger partial charge is 0.305 e. The van der Waals surface area contributed by atoms with Crippen molar-refractivity contribution in [2.24, 2.45) is 0 Å². The predicted molar refractivity (Wildman–Crippen MR) is 48.9 cm³/mol. The molecule has 56 valence electrons. The summed E-state index contributed by atoms with van der Waals surface area (Å²) < 4.78 is 0. The second-order valence-corrected chi connectivity index (χ2v) is 2.29. The minimum atomic E-state index is 0.640. The summed E-state index contributed by atoms with van der Waals surface area (Å²) in [5.41, 5.74) is 0.640. The molecule has 0 aromatic heterocycles. The Balaban J connectivity index is 2.69. The van der Waals surface area contributed by atoms with Crippen LogP contribution in [0.2, 0.25) is 0 Å². The Morgan fingerprint density at radius 3 is 2.36 bits per heavy atom. The minimum absolute atomic E-state index is 0.640. The molecule has 1 aliphatic carbocycles. The van der Waals surface area contributed by atoms with Gasteiger partial charge >= 0.3 is 0 Å². The molecule has 0 radical (unpaired) electrons. The van der Waals surface area contributed by atoms with Gasteiger partial charge < -0.3 is 5.41 Å². The van der Waals surface area contributed by atoms with Crippen LogP contribution in [0, 0.1) is 5.41 Å². The monoisotopic (exact) mass is 145 g/mol. The van der Waals surface area contributed by atoms with E-state index in [2.05, 4.69) is 0 Å². The molecule has 0 heterocycles. The van der Waals surface area contributed by atoms with Crippen LogP contribution in [-0.2, 0) is 0 Å². The Hall–Kier alpha value is -1.37. The lowest BCUT2D eigenvalue weighted by atomic mass is 10.2. The molecule has 0 aromatic rings. The quantitative estimate of drug-likeness (QED) is 0.541. The smallest absolute Gasteiger partial charge is 0.0351 e. The molecule has 11 heavy (non-hydrogen) atoms. The fraction of sp³-hybridized carbons (Fsp3) is 0.100. The molecule has 1 N–H and O–H groups in total. The maximum atomic E-state index is 7.40. The summed E-state index contributed by atoms with van der Waals surface area (Å²) in [7, 11) is 0. The summed E-state index contributed by atoms with van der Waals surface area (Å²) in [6.07, 6.45) is 16.1. The van der Waals surface area contributed by atoms with E-state index < -0.39 is 0 Å². The predicted octanol–water partition coefficient (Wildman–Crippen LogP) is 2.63. The second kappa shape index (κ2) is 4.45. The Bertz CT molecular complexity index is 242. The Morgan fingerprint density at radius 2 is 1.55 bits per heavy atom. The van der Waals surface area contributed by atoms with Crippen LogP contribution in [0.4, 0.5) is 0 Å². The van der Waals surface area contributed by atoms with E-state index in [1.807, 2.05) is 42.5 Å². The van der Waals surface area contributed by atoms with Crippen molar-refractivity contribution in [1.29, 1.82) is 5.41 Å². The van der Waals surface area contributed by atoms with Crippen LogP contribution in [0.25, 0.3) is 0 Å². The molecule has 0 fully saturated rings. The van der Waals surface area contributed by atoms with Crippen molar-refractivity contribution in [3.8, 4) is 0 Å². The van der Waals surface area contributed by atoms with Gasteiger partial charge in [-0.25, -0.2) is 0 Å². The topological polar surface area (TPSA) is 23.9 Å². The van der Waals surface area contributed by atoms with Crippen molar-refractivity contribution in [3.63, 3.8) is 0 Å². The van der Waals surface area contributed by atoms with Crippen LogP contribution >= 0.6 is 0 Å². The Kier molecular flexibility index (Phi) is 3.13. The molecular weight excluding hydrogens is 134 g/mol. The van der Waals surface area contributed by atoms with Gasteiger partial charge in [0.2, 0.25) is 0 Å². The molecule has 0 aromatic carbocycles. The average Bonchev–Trinajstić information content (AvgIpc) is 2.03. The van der Waals surface area contributed by atoms with Gasteiger partial charge in [-0.05, 0) is 6.08 Å². The minimum Gasteiger partial charge on any atom is -0.305 e. The van der Waals surface area contributed by atoms with Crippen LogP contribution in [0.3, 0.4) is 0 Å². The molecule has 0 spiro atoms. The van der Waals surface area contributed by atoms with E-state index in [9.17, 15) is 0 Å². The summed E-state index contributed by atoms with van der Waals surface area (Å²) >= 11 is 0. The van der Waals surface area contributed by atoms with Gasteiger partial charge in [0.1, 0.15) is 0 Å². The summed E-state index contributed by atoms with van der Waals surface area (Å²) in [6.45, 7) is 0. The molecule has 1 nitrogen and oxygen atoms in total. The first kappa shape index (κ1) is 7.73. The molecule has 0 aliphatic heterocycles. The molecule has 0 saturated carbocycles. The van der Waals surface area contributed by atoms with Crippen molar-refractivity contribution in [3.05, 3.63) is 48.6 Å². The Morgan fingerprint density at radius 1 is 0.909 bits per heavy atom. The maximum absolute atomic E-state index is 7.40. The standard InChI is InChI=1S/C10H11N/c11-10-8-6-4-2-1-3-5-7-9-10/h1-8,11H,9H2/b3-1-,4-2-,7-5-,8-6-,11-10?. The number of hydrogen-bond acceptors (Lipinski definition) is 1. The highest BCUT2D eigenvalue weighted by Gasteiger charge is 1.84. The highest BCUT2D eigenvalue weighted by Crippen LogP contribution is 1.93. The molecular formula is C10H11N. The molecule has 0 unspecified atom stereocenters. The fourth-order valence-electron chi connectivity index (χ4n) is 0.770. The normalized spacial score (nSPS) is 28.9. The molecule has 1 rings (SSSR count). The molecule has 0 amide bonds. The van der Waals surface area contributed by atoms with Gasteiger partial charge in [-0.15, -0.1) is 0 Å². The van der Waals surface area contributed by atoms with E-state index in [-0.39, 0.29) is 0 Å². The highest BCUT2D eigenvalue weighted by molar-refractivity contribution is 5.93. The van der Waals surface area contributed by atoms with Crippen molar-refractivity contribution < 1.29 is 0 Å². The highest BCUT2D eigenvalue weighted by atomic mass is 14.4. The van der Waals surface area contributed by atoms with Crippen molar-refractivity contribution in [2.75, 3.05) is 0 Å². The summed E-state index contributed by atoms with van der Waals surface area (Å²) in [5, 5.41) is 7.40. The lowest BCUT2D eigenvalue weighted by molar-refractivity contribution is 1.38. The van der Waals surface area contributed by atoms with Crippen LogP contribution in [-0.4, -0.2) is 5.71 Å². The van der Waals surface area contributed by atoms with Crippen molar-refractivity contribution >= 4 is 5.71 Å². The third-order valence-corrected chi connectivity index (χ3v) is 1.33. The van der Waals surface area contributed by atoms with Gasteiger partial charge in [0.05, 0.1) is 0 Å². The van der Waals surface area contributed by atoms with Crippen molar-refractivity contribution in [1.82, 2.24) is 0 Å². The molecule has 0 saturated heterocycles. The van der Waals surface area contributed by atoms with Gasteiger partial charge in [-0.1, -0.05) is 42.5 Å². The first-order valence-corrected chi connectivity index (χ1v) is 3.63. The SMILES string of the molecule is N=C1\C=C/C=C\C=C/C=C\C1. The van der Waals surface area contributed by atoms with E-state index in [1.54, 1.807) is 6.08 Å². The van der Waals surface area contributed by atoms with Gasteiger partial charge in [-0.2, -0.15) is 0 Å². The zero-order valence-corrected chi connectivity index (χ0v) is 6.33. The molecule has 0 bridgehead atoms. The number of nitrogens with one attached hydrogen (secondary N) is 1. The molecule has 0 atom stereocenters. The third kappa shape index (κ3) is 3.36. The zero-order chi connectivity index (χ0) is 7.94. The first-order chi connectivity index (χ1) is 5.39. The van der Waals surface area contributed by atoms with E-state index in [0.717, 1.165) is 0 Å².